The van der Waals surface area contributed by atoms with Gasteiger partial charge in [-0.3, -0.25) is 5.84 Å². The third kappa shape index (κ3) is 7.27. The fourth-order valence-corrected chi connectivity index (χ4v) is 1.80. The summed E-state index contributed by atoms with van der Waals surface area (Å²) >= 11 is 0. The molecule has 0 saturated heterocycles. The zero-order valence-electron chi connectivity index (χ0n) is 12.2. The zero-order valence-corrected chi connectivity index (χ0v) is 12.2. The first kappa shape index (κ1) is 16.3. The summed E-state index contributed by atoms with van der Waals surface area (Å²) in [6, 6.07) is 0.562. The van der Waals surface area contributed by atoms with Crippen LogP contribution in [0, 0.1) is 11.8 Å². The van der Waals surface area contributed by atoms with Gasteiger partial charge >= 0.3 is 0 Å². The fraction of sp³-hybridized carbons (Fsp3) is 0.857. The molecule has 0 aromatic carbocycles. The van der Waals surface area contributed by atoms with Crippen molar-refractivity contribution in [1.82, 2.24) is 10.7 Å². The third-order valence-electron chi connectivity index (χ3n) is 3.49. The fourth-order valence-electron chi connectivity index (χ4n) is 1.80. The molecule has 0 aliphatic rings. The standard InChI is InChI=1S/C14H31N3/c1-6-8-14(9-12(5)11(3)4)16-10-13(7-2)17-15/h10-12,14,16-17H,6-9,15H2,1-5H3/b13-10-. The van der Waals surface area contributed by atoms with Crippen LogP contribution in [0.4, 0.5) is 0 Å². The van der Waals surface area contributed by atoms with Gasteiger partial charge in [-0.15, -0.1) is 0 Å². The Morgan fingerprint density at radius 3 is 2.29 bits per heavy atom. The first-order valence-electron chi connectivity index (χ1n) is 6.96. The van der Waals surface area contributed by atoms with Gasteiger partial charge in [0.15, 0.2) is 0 Å². The maximum atomic E-state index is 5.43. The molecular formula is C14H31N3. The second-order valence-corrected chi connectivity index (χ2v) is 5.28. The van der Waals surface area contributed by atoms with Gasteiger partial charge < -0.3 is 10.7 Å². The summed E-state index contributed by atoms with van der Waals surface area (Å²) in [7, 11) is 0. The monoisotopic (exact) mass is 241 g/mol. The summed E-state index contributed by atoms with van der Waals surface area (Å²) in [5.41, 5.74) is 3.78. The molecule has 2 unspecified atom stereocenters. The maximum absolute atomic E-state index is 5.43. The molecule has 0 radical (unpaired) electrons. The molecule has 0 heterocycles. The molecule has 3 nitrogen and oxygen atoms in total. The molecule has 2 atom stereocenters. The Labute approximate surface area is 107 Å². The lowest BCUT2D eigenvalue weighted by atomic mass is 9.90. The minimum atomic E-state index is 0.562. The van der Waals surface area contributed by atoms with E-state index in [0.29, 0.717) is 6.04 Å². The van der Waals surface area contributed by atoms with E-state index in [-0.39, 0.29) is 0 Å². The molecule has 0 aromatic heterocycles. The Morgan fingerprint density at radius 1 is 1.24 bits per heavy atom. The van der Waals surface area contributed by atoms with Crippen molar-refractivity contribution in [1.29, 1.82) is 0 Å². The number of allylic oxidation sites excluding steroid dienone is 1. The quantitative estimate of drug-likeness (QED) is 0.429. The van der Waals surface area contributed by atoms with Gasteiger partial charge in [-0.05, 0) is 31.1 Å². The van der Waals surface area contributed by atoms with Gasteiger partial charge in [0.2, 0.25) is 0 Å². The van der Waals surface area contributed by atoms with Gasteiger partial charge in [-0.2, -0.15) is 0 Å². The van der Waals surface area contributed by atoms with E-state index in [1.54, 1.807) is 0 Å². The molecule has 0 spiro atoms. The van der Waals surface area contributed by atoms with Crippen molar-refractivity contribution in [2.75, 3.05) is 0 Å². The highest BCUT2D eigenvalue weighted by Crippen LogP contribution is 2.18. The Bertz CT molecular complexity index is 206. The summed E-state index contributed by atoms with van der Waals surface area (Å²) in [4.78, 5) is 0. The third-order valence-corrected chi connectivity index (χ3v) is 3.49. The molecule has 0 aliphatic heterocycles. The van der Waals surface area contributed by atoms with Crippen LogP contribution in [-0.4, -0.2) is 6.04 Å². The van der Waals surface area contributed by atoms with Gasteiger partial charge in [-0.1, -0.05) is 41.0 Å². The van der Waals surface area contributed by atoms with E-state index >= 15 is 0 Å². The second kappa shape index (κ2) is 9.34. The van der Waals surface area contributed by atoms with Crippen molar-refractivity contribution in [3.63, 3.8) is 0 Å². The molecule has 0 fully saturated rings. The molecule has 3 heteroatoms. The summed E-state index contributed by atoms with van der Waals surface area (Å²) in [6.45, 7) is 11.3. The Kier molecular flexibility index (Phi) is 8.96. The van der Waals surface area contributed by atoms with Crippen LogP contribution in [0.15, 0.2) is 11.9 Å². The van der Waals surface area contributed by atoms with E-state index in [2.05, 4.69) is 45.4 Å². The molecule has 0 rings (SSSR count). The topological polar surface area (TPSA) is 50.1 Å². The largest absolute Gasteiger partial charge is 0.387 e. The minimum Gasteiger partial charge on any atom is -0.387 e. The number of nitrogens with two attached hydrogens (primary N) is 1. The second-order valence-electron chi connectivity index (χ2n) is 5.28. The summed E-state index contributed by atoms with van der Waals surface area (Å²) in [5, 5.41) is 3.50. The van der Waals surface area contributed by atoms with Crippen molar-refractivity contribution in [2.24, 2.45) is 17.7 Å². The lowest BCUT2D eigenvalue weighted by Crippen LogP contribution is -2.30. The van der Waals surface area contributed by atoms with Crippen molar-refractivity contribution in [2.45, 2.75) is 66.3 Å². The summed E-state index contributed by atoms with van der Waals surface area (Å²) in [6.07, 6.45) is 6.63. The van der Waals surface area contributed by atoms with Crippen LogP contribution in [0.5, 0.6) is 0 Å². The Morgan fingerprint density at radius 2 is 1.88 bits per heavy atom. The van der Waals surface area contributed by atoms with E-state index < -0.39 is 0 Å². The van der Waals surface area contributed by atoms with E-state index in [4.69, 9.17) is 5.84 Å². The predicted octanol–water partition coefficient (Wildman–Crippen LogP) is 3.14. The van der Waals surface area contributed by atoms with Gasteiger partial charge in [0.1, 0.15) is 0 Å². The zero-order chi connectivity index (χ0) is 13.3. The van der Waals surface area contributed by atoms with Gasteiger partial charge in [0, 0.05) is 17.9 Å². The normalized spacial score (nSPS) is 15.8. The smallest absolute Gasteiger partial charge is 0.0413 e. The highest BCUT2D eigenvalue weighted by molar-refractivity contribution is 4.96. The average molecular weight is 241 g/mol. The highest BCUT2D eigenvalue weighted by Gasteiger charge is 2.14. The molecule has 0 amide bonds. The van der Waals surface area contributed by atoms with Crippen LogP contribution < -0.4 is 16.6 Å². The maximum Gasteiger partial charge on any atom is 0.0413 e. The molecule has 17 heavy (non-hydrogen) atoms. The molecule has 102 valence electrons. The van der Waals surface area contributed by atoms with Gasteiger partial charge in [0.25, 0.3) is 0 Å². The van der Waals surface area contributed by atoms with E-state index in [0.717, 1.165) is 24.0 Å². The average Bonchev–Trinajstić information content (AvgIpc) is 2.30. The van der Waals surface area contributed by atoms with Crippen molar-refractivity contribution >= 4 is 0 Å². The molecule has 0 saturated carbocycles. The number of hydrogen-bond donors (Lipinski definition) is 3. The molecule has 0 aromatic rings. The summed E-state index contributed by atoms with van der Waals surface area (Å²) in [5.74, 6) is 6.94. The van der Waals surface area contributed by atoms with Crippen molar-refractivity contribution in [3.8, 4) is 0 Å². The van der Waals surface area contributed by atoms with Crippen LogP contribution in [0.2, 0.25) is 0 Å². The highest BCUT2D eigenvalue weighted by atomic mass is 15.2. The molecule has 0 bridgehead atoms. The summed E-state index contributed by atoms with van der Waals surface area (Å²) < 4.78 is 0. The Hall–Kier alpha value is -0.700. The van der Waals surface area contributed by atoms with Crippen LogP contribution in [-0.2, 0) is 0 Å². The molecule has 0 aliphatic carbocycles. The first-order chi connectivity index (χ1) is 8.04. The predicted molar refractivity (Wildman–Crippen MR) is 76.1 cm³/mol. The minimum absolute atomic E-state index is 0.562. The first-order valence-corrected chi connectivity index (χ1v) is 6.96. The van der Waals surface area contributed by atoms with E-state index in [9.17, 15) is 0 Å². The van der Waals surface area contributed by atoms with Gasteiger partial charge in [0.05, 0.1) is 0 Å². The Balaban J connectivity index is 4.27. The van der Waals surface area contributed by atoms with E-state index in [1.165, 1.54) is 19.3 Å². The van der Waals surface area contributed by atoms with E-state index in [1.807, 2.05) is 6.20 Å². The van der Waals surface area contributed by atoms with Gasteiger partial charge in [-0.25, -0.2) is 0 Å². The van der Waals surface area contributed by atoms with Crippen molar-refractivity contribution in [3.05, 3.63) is 11.9 Å². The van der Waals surface area contributed by atoms with Crippen molar-refractivity contribution < 1.29 is 0 Å². The van der Waals surface area contributed by atoms with Crippen LogP contribution in [0.1, 0.15) is 60.3 Å². The number of hydrazine groups is 1. The lowest BCUT2D eigenvalue weighted by Gasteiger charge is -2.24. The van der Waals surface area contributed by atoms with Crippen LogP contribution in [0.25, 0.3) is 0 Å². The number of hydrogen-bond acceptors (Lipinski definition) is 3. The van der Waals surface area contributed by atoms with Crippen LogP contribution in [0.3, 0.4) is 0 Å². The molecular weight excluding hydrogens is 210 g/mol. The number of rotatable bonds is 9. The molecule has 4 N–H and O–H groups in total. The lowest BCUT2D eigenvalue weighted by molar-refractivity contribution is 0.333. The number of nitrogens with one attached hydrogen (secondary N) is 2. The SMILES string of the molecule is CCCC(CC(C)C(C)C)N/C=C(/CC)NN. The van der Waals surface area contributed by atoms with Crippen LogP contribution >= 0.6 is 0 Å².